The molecule has 0 aliphatic heterocycles. The van der Waals surface area contributed by atoms with Crippen LogP contribution in [0.2, 0.25) is 0 Å². The van der Waals surface area contributed by atoms with Crippen LogP contribution >= 0.6 is 0 Å². The molecule has 0 saturated carbocycles. The third kappa shape index (κ3) is 4.98. The topological polar surface area (TPSA) is 115 Å². The van der Waals surface area contributed by atoms with Crippen LogP contribution in [0.15, 0.2) is 42.5 Å². The number of phenolic OH excluding ortho intramolecular Hbond substituents is 1. The highest BCUT2D eigenvalue weighted by molar-refractivity contribution is 6.06. The van der Waals surface area contributed by atoms with E-state index in [0.717, 1.165) is 65.8 Å². The van der Waals surface area contributed by atoms with Gasteiger partial charge in [0, 0.05) is 24.6 Å². The molecule has 148 valence electrons. The Balaban J connectivity index is 0.000000302. The van der Waals surface area contributed by atoms with Gasteiger partial charge in [0.2, 0.25) is 0 Å². The van der Waals surface area contributed by atoms with Gasteiger partial charge in [0.15, 0.2) is 0 Å². The maximum atomic E-state index is 10.7. The molecular weight excluding hydrogens is 360 g/mol. The molecule has 0 fully saturated rings. The Kier molecular flexibility index (Phi) is 6.95. The van der Waals surface area contributed by atoms with E-state index in [4.69, 9.17) is 19.8 Å². The summed E-state index contributed by atoms with van der Waals surface area (Å²) >= 11 is 0. The highest BCUT2D eigenvalue weighted by Crippen LogP contribution is 2.41. The van der Waals surface area contributed by atoms with Crippen LogP contribution in [0.1, 0.15) is 43.9 Å². The second-order valence-electron chi connectivity index (χ2n) is 6.62. The van der Waals surface area contributed by atoms with E-state index in [-0.39, 0.29) is 0 Å². The summed E-state index contributed by atoms with van der Waals surface area (Å²) in [5, 5.41) is 39.5. The van der Waals surface area contributed by atoms with Gasteiger partial charge in [0.05, 0.1) is 6.10 Å². The minimum atomic E-state index is -0.833. The summed E-state index contributed by atoms with van der Waals surface area (Å²) in [6, 6.07) is 14.0. The molecule has 0 heterocycles. The van der Waals surface area contributed by atoms with E-state index in [1.807, 2.05) is 36.4 Å². The molecular formula is C22H24O6. The van der Waals surface area contributed by atoms with E-state index in [1.165, 1.54) is 0 Å². The van der Waals surface area contributed by atoms with Gasteiger partial charge in [-0.1, -0.05) is 36.4 Å². The number of benzene rings is 3. The number of carboxylic acid groups (broad SMARTS) is 2. The SMILES string of the molecule is CC(=O)O.CC(=O)O.Oc1c2ccccc2cc2ccc3c(c12)CCCC3O. The molecule has 4 N–H and O–H groups in total. The maximum Gasteiger partial charge on any atom is 0.300 e. The molecule has 1 aliphatic carbocycles. The molecule has 4 rings (SSSR count). The zero-order valence-corrected chi connectivity index (χ0v) is 15.8. The first-order chi connectivity index (χ1) is 13.2. The molecule has 6 heteroatoms. The number of aliphatic hydroxyl groups excluding tert-OH is 1. The quantitative estimate of drug-likeness (QED) is 0.431. The molecule has 0 spiro atoms. The number of aromatic hydroxyl groups is 1. The Morgan fingerprint density at radius 3 is 2.21 bits per heavy atom. The van der Waals surface area contributed by atoms with E-state index in [0.29, 0.717) is 5.75 Å². The second-order valence-corrected chi connectivity index (χ2v) is 6.62. The predicted octanol–water partition coefficient (Wildman–Crippen LogP) is 4.25. The molecule has 0 saturated heterocycles. The number of aliphatic carboxylic acids is 2. The number of aliphatic hydroxyl groups is 1. The number of carboxylic acids is 2. The zero-order valence-electron chi connectivity index (χ0n) is 15.8. The Hall–Kier alpha value is -3.12. The van der Waals surface area contributed by atoms with Gasteiger partial charge in [0.1, 0.15) is 5.75 Å². The maximum absolute atomic E-state index is 10.7. The Morgan fingerprint density at radius 2 is 1.57 bits per heavy atom. The standard InChI is InChI=1S/C18H16O2.2C2H4O2/c19-16-7-3-6-15-14(16)9-8-12-10-11-4-1-2-5-13(11)18(20)17(12)15;2*1-2(3)4/h1-2,4-5,8-10,16,19-20H,3,6-7H2;2*1H3,(H,3,4). The lowest BCUT2D eigenvalue weighted by Crippen LogP contribution is -2.09. The van der Waals surface area contributed by atoms with Crippen LogP contribution in [0.4, 0.5) is 0 Å². The summed E-state index contributed by atoms with van der Waals surface area (Å²) in [5.74, 6) is -1.32. The zero-order chi connectivity index (χ0) is 20.8. The van der Waals surface area contributed by atoms with Crippen LogP contribution < -0.4 is 0 Å². The second kappa shape index (κ2) is 9.19. The fourth-order valence-corrected chi connectivity index (χ4v) is 3.43. The number of hydrogen-bond acceptors (Lipinski definition) is 4. The van der Waals surface area contributed by atoms with Crippen molar-refractivity contribution in [1.29, 1.82) is 0 Å². The van der Waals surface area contributed by atoms with Gasteiger partial charge < -0.3 is 20.4 Å². The number of phenols is 1. The molecule has 3 aromatic carbocycles. The van der Waals surface area contributed by atoms with Gasteiger partial charge in [-0.05, 0) is 47.2 Å². The highest BCUT2D eigenvalue weighted by Gasteiger charge is 2.21. The molecule has 1 unspecified atom stereocenters. The normalized spacial score (nSPS) is 14.9. The Labute approximate surface area is 162 Å². The number of hydrogen-bond donors (Lipinski definition) is 4. The summed E-state index contributed by atoms with van der Waals surface area (Å²) in [7, 11) is 0. The van der Waals surface area contributed by atoms with Crippen LogP contribution in [0.5, 0.6) is 5.75 Å². The molecule has 0 aromatic heterocycles. The molecule has 1 atom stereocenters. The van der Waals surface area contributed by atoms with Gasteiger partial charge in [-0.3, -0.25) is 9.59 Å². The lowest BCUT2D eigenvalue weighted by molar-refractivity contribution is -0.135. The minimum absolute atomic E-state index is 0.351. The van der Waals surface area contributed by atoms with Gasteiger partial charge in [0.25, 0.3) is 11.9 Å². The Morgan fingerprint density at radius 1 is 0.964 bits per heavy atom. The molecule has 0 bridgehead atoms. The van der Waals surface area contributed by atoms with Crippen molar-refractivity contribution in [3.05, 3.63) is 53.6 Å². The van der Waals surface area contributed by atoms with Crippen molar-refractivity contribution in [2.24, 2.45) is 0 Å². The number of carbonyl (C=O) groups is 2. The minimum Gasteiger partial charge on any atom is -0.507 e. The fourth-order valence-electron chi connectivity index (χ4n) is 3.43. The van der Waals surface area contributed by atoms with Crippen molar-refractivity contribution in [2.75, 3.05) is 0 Å². The molecule has 0 amide bonds. The summed E-state index contributed by atoms with van der Waals surface area (Å²) in [6.45, 7) is 2.17. The van der Waals surface area contributed by atoms with Crippen molar-refractivity contribution in [3.8, 4) is 5.75 Å². The van der Waals surface area contributed by atoms with Crippen LogP contribution in [0.3, 0.4) is 0 Å². The summed E-state index contributed by atoms with van der Waals surface area (Å²) in [6.07, 6.45) is 2.32. The van der Waals surface area contributed by atoms with Crippen LogP contribution in [0, 0.1) is 0 Å². The lowest BCUT2D eigenvalue weighted by Gasteiger charge is -2.23. The van der Waals surface area contributed by atoms with E-state index in [9.17, 15) is 10.2 Å². The largest absolute Gasteiger partial charge is 0.507 e. The van der Waals surface area contributed by atoms with Gasteiger partial charge >= 0.3 is 0 Å². The highest BCUT2D eigenvalue weighted by atomic mass is 16.4. The van der Waals surface area contributed by atoms with Gasteiger partial charge in [-0.15, -0.1) is 0 Å². The summed E-state index contributed by atoms with van der Waals surface area (Å²) < 4.78 is 0. The lowest BCUT2D eigenvalue weighted by atomic mass is 9.85. The number of fused-ring (bicyclic) bond motifs is 4. The van der Waals surface area contributed by atoms with E-state index in [1.54, 1.807) is 0 Å². The van der Waals surface area contributed by atoms with Gasteiger partial charge in [-0.25, -0.2) is 0 Å². The smallest absolute Gasteiger partial charge is 0.300 e. The van der Waals surface area contributed by atoms with Crippen molar-refractivity contribution >= 4 is 33.5 Å². The number of aryl methyl sites for hydroxylation is 1. The molecule has 6 nitrogen and oxygen atoms in total. The van der Waals surface area contributed by atoms with Crippen molar-refractivity contribution in [3.63, 3.8) is 0 Å². The van der Waals surface area contributed by atoms with Crippen molar-refractivity contribution in [1.82, 2.24) is 0 Å². The third-order valence-electron chi connectivity index (χ3n) is 4.41. The van der Waals surface area contributed by atoms with E-state index < -0.39 is 18.0 Å². The van der Waals surface area contributed by atoms with Crippen molar-refractivity contribution in [2.45, 2.75) is 39.2 Å². The summed E-state index contributed by atoms with van der Waals surface area (Å²) in [5.41, 5.74) is 2.10. The van der Waals surface area contributed by atoms with Crippen LogP contribution in [-0.4, -0.2) is 32.4 Å². The molecule has 3 aromatic rings. The first kappa shape index (κ1) is 21.2. The van der Waals surface area contributed by atoms with Crippen LogP contribution in [0.25, 0.3) is 21.5 Å². The fraction of sp³-hybridized carbons (Fsp3) is 0.273. The van der Waals surface area contributed by atoms with E-state index in [2.05, 4.69) is 6.07 Å². The average Bonchev–Trinajstić information content (AvgIpc) is 2.61. The van der Waals surface area contributed by atoms with Gasteiger partial charge in [-0.2, -0.15) is 0 Å². The molecule has 0 radical (unpaired) electrons. The summed E-state index contributed by atoms with van der Waals surface area (Å²) in [4.78, 5) is 18.0. The average molecular weight is 384 g/mol. The Bertz CT molecular complexity index is 989. The molecule has 28 heavy (non-hydrogen) atoms. The molecule has 1 aliphatic rings. The first-order valence-corrected chi connectivity index (χ1v) is 8.95. The third-order valence-corrected chi connectivity index (χ3v) is 4.41. The van der Waals surface area contributed by atoms with Crippen LogP contribution in [-0.2, 0) is 16.0 Å². The van der Waals surface area contributed by atoms with E-state index >= 15 is 0 Å². The van der Waals surface area contributed by atoms with Crippen molar-refractivity contribution < 1.29 is 30.0 Å². The first-order valence-electron chi connectivity index (χ1n) is 8.95. The predicted molar refractivity (Wildman–Crippen MR) is 108 cm³/mol. The monoisotopic (exact) mass is 384 g/mol. The number of rotatable bonds is 0.